The summed E-state index contributed by atoms with van der Waals surface area (Å²) >= 11 is 4.05. The van der Waals surface area contributed by atoms with Gasteiger partial charge in [-0.05, 0) is 22.6 Å². The number of aromatic nitrogens is 5. The van der Waals surface area contributed by atoms with Crippen molar-refractivity contribution in [3.63, 3.8) is 0 Å². The molecule has 1 aliphatic rings. The molecule has 0 amide bonds. The lowest BCUT2D eigenvalue weighted by atomic mass is 10.4. The van der Waals surface area contributed by atoms with Gasteiger partial charge in [-0.3, -0.25) is 0 Å². The molecular formula is C9H12N6S2. The van der Waals surface area contributed by atoms with Crippen molar-refractivity contribution in [3.8, 4) is 0 Å². The van der Waals surface area contributed by atoms with Gasteiger partial charge in [-0.2, -0.15) is 23.5 Å². The molecule has 17 heavy (non-hydrogen) atoms. The molecule has 1 aliphatic heterocycles. The van der Waals surface area contributed by atoms with Crippen LogP contribution in [-0.2, 0) is 0 Å². The van der Waals surface area contributed by atoms with Gasteiger partial charge in [0.25, 0.3) is 0 Å². The molecule has 0 aromatic carbocycles. The van der Waals surface area contributed by atoms with Crippen LogP contribution in [0, 0.1) is 0 Å². The van der Waals surface area contributed by atoms with E-state index in [2.05, 4.69) is 25.9 Å². The van der Waals surface area contributed by atoms with E-state index in [0.717, 1.165) is 12.4 Å². The van der Waals surface area contributed by atoms with Gasteiger partial charge in [-0.25, -0.2) is 0 Å². The van der Waals surface area contributed by atoms with Crippen LogP contribution >= 0.6 is 23.5 Å². The number of nitrogens with zero attached hydrogens (tertiary/aromatic N) is 5. The van der Waals surface area contributed by atoms with Gasteiger partial charge in [-0.15, -0.1) is 14.8 Å². The lowest BCUT2D eigenvalue weighted by Crippen LogP contribution is -2.23. The average Bonchev–Trinajstić information content (AvgIpc) is 2.85. The molecule has 1 unspecified atom stereocenters. The molecule has 1 saturated heterocycles. The Hall–Kier alpha value is -1.02. The molecule has 8 heteroatoms. The maximum absolute atomic E-state index is 4.27. The van der Waals surface area contributed by atoms with Gasteiger partial charge in [0, 0.05) is 29.1 Å². The molecule has 0 bridgehead atoms. The van der Waals surface area contributed by atoms with E-state index < -0.39 is 0 Å². The fourth-order valence-corrected chi connectivity index (χ4v) is 4.23. The normalized spacial score (nSPS) is 20.6. The topological polar surface area (TPSA) is 68.0 Å². The van der Waals surface area contributed by atoms with Crippen LogP contribution in [0.15, 0.2) is 12.1 Å². The molecule has 0 radical (unpaired) electrons. The Balaban J connectivity index is 1.63. The number of fused-ring (bicyclic) bond motifs is 1. The summed E-state index contributed by atoms with van der Waals surface area (Å²) in [6, 6.07) is 3.77. The third kappa shape index (κ3) is 2.63. The molecule has 1 N–H and O–H groups in total. The first-order chi connectivity index (χ1) is 8.42. The summed E-state index contributed by atoms with van der Waals surface area (Å²) in [6.07, 6.45) is 0. The molecule has 1 atom stereocenters. The Morgan fingerprint density at radius 2 is 2.41 bits per heavy atom. The molecule has 1 fully saturated rings. The number of anilines is 1. The van der Waals surface area contributed by atoms with Crippen molar-refractivity contribution < 1.29 is 0 Å². The molecule has 0 spiro atoms. The summed E-state index contributed by atoms with van der Waals surface area (Å²) in [6.45, 7) is 0.943. The zero-order valence-electron chi connectivity index (χ0n) is 9.11. The lowest BCUT2D eigenvalue weighted by molar-refractivity contribution is 0.733. The van der Waals surface area contributed by atoms with E-state index in [1.807, 2.05) is 35.7 Å². The molecule has 0 saturated carbocycles. The quantitative estimate of drug-likeness (QED) is 0.882. The molecule has 90 valence electrons. The minimum Gasteiger partial charge on any atom is -0.367 e. The Kier molecular flexibility index (Phi) is 3.32. The van der Waals surface area contributed by atoms with E-state index in [1.165, 1.54) is 21.9 Å². The van der Waals surface area contributed by atoms with Crippen molar-refractivity contribution in [3.05, 3.63) is 12.1 Å². The van der Waals surface area contributed by atoms with E-state index in [0.29, 0.717) is 10.9 Å². The highest BCUT2D eigenvalue weighted by Gasteiger charge is 2.14. The van der Waals surface area contributed by atoms with Gasteiger partial charge in [0.15, 0.2) is 5.65 Å². The third-order valence-corrected chi connectivity index (χ3v) is 5.31. The van der Waals surface area contributed by atoms with Gasteiger partial charge in [-0.1, -0.05) is 0 Å². The number of hydrogen-bond acceptors (Lipinski definition) is 7. The van der Waals surface area contributed by atoms with Gasteiger partial charge in [0.2, 0.25) is 0 Å². The second kappa shape index (κ2) is 5.09. The van der Waals surface area contributed by atoms with Crippen LogP contribution in [0.4, 0.5) is 5.82 Å². The number of tetrazole rings is 1. The Labute approximate surface area is 107 Å². The van der Waals surface area contributed by atoms with E-state index in [1.54, 1.807) is 0 Å². The fraction of sp³-hybridized carbons (Fsp3) is 0.556. The smallest absolute Gasteiger partial charge is 0.200 e. The SMILES string of the molecule is c1cc2nnnn2nc1NCC1CSCCS1. The zero-order chi connectivity index (χ0) is 11.5. The lowest BCUT2D eigenvalue weighted by Gasteiger charge is -2.21. The highest BCUT2D eigenvalue weighted by molar-refractivity contribution is 8.06. The zero-order valence-corrected chi connectivity index (χ0v) is 10.7. The Morgan fingerprint density at radius 3 is 3.29 bits per heavy atom. The highest BCUT2D eigenvalue weighted by Crippen LogP contribution is 2.23. The highest BCUT2D eigenvalue weighted by atomic mass is 32.2. The summed E-state index contributed by atoms with van der Waals surface area (Å²) in [5.74, 6) is 4.55. The van der Waals surface area contributed by atoms with Gasteiger partial charge in [0.1, 0.15) is 5.82 Å². The second-order valence-electron chi connectivity index (χ2n) is 3.69. The van der Waals surface area contributed by atoms with Gasteiger partial charge < -0.3 is 5.32 Å². The fourth-order valence-electron chi connectivity index (χ4n) is 1.62. The first kappa shape index (κ1) is 11.1. The van der Waals surface area contributed by atoms with Gasteiger partial charge in [0.05, 0.1) is 0 Å². The maximum Gasteiger partial charge on any atom is 0.200 e. The van der Waals surface area contributed by atoms with Crippen LogP contribution in [-0.4, -0.2) is 54.3 Å². The van der Waals surface area contributed by atoms with Crippen LogP contribution in [0.1, 0.15) is 0 Å². The van der Waals surface area contributed by atoms with Crippen molar-refractivity contribution in [2.24, 2.45) is 0 Å². The summed E-state index contributed by atoms with van der Waals surface area (Å²) in [5, 5.41) is 19.4. The van der Waals surface area contributed by atoms with Crippen LogP contribution in [0.2, 0.25) is 0 Å². The van der Waals surface area contributed by atoms with E-state index in [9.17, 15) is 0 Å². The van der Waals surface area contributed by atoms with Crippen molar-refractivity contribution >= 4 is 35.0 Å². The Morgan fingerprint density at radius 1 is 1.41 bits per heavy atom. The summed E-state index contributed by atoms with van der Waals surface area (Å²) in [7, 11) is 0. The van der Waals surface area contributed by atoms with E-state index >= 15 is 0 Å². The summed E-state index contributed by atoms with van der Waals surface area (Å²) in [4.78, 5) is 0. The Bertz CT molecular complexity index is 495. The van der Waals surface area contributed by atoms with Crippen LogP contribution < -0.4 is 5.32 Å². The minimum atomic E-state index is 0.665. The predicted octanol–water partition coefficient (Wildman–Crippen LogP) is 0.780. The van der Waals surface area contributed by atoms with Crippen molar-refractivity contribution in [2.45, 2.75) is 5.25 Å². The summed E-state index contributed by atoms with van der Waals surface area (Å²) in [5.41, 5.74) is 0.665. The van der Waals surface area contributed by atoms with E-state index in [4.69, 9.17) is 0 Å². The number of rotatable bonds is 3. The van der Waals surface area contributed by atoms with Crippen LogP contribution in [0.5, 0.6) is 0 Å². The number of thioether (sulfide) groups is 2. The molecule has 0 aliphatic carbocycles. The largest absolute Gasteiger partial charge is 0.367 e. The van der Waals surface area contributed by atoms with Crippen molar-refractivity contribution in [1.82, 2.24) is 25.3 Å². The van der Waals surface area contributed by atoms with Crippen molar-refractivity contribution in [1.29, 1.82) is 0 Å². The molecule has 2 aromatic rings. The second-order valence-corrected chi connectivity index (χ2v) is 6.25. The van der Waals surface area contributed by atoms with Crippen LogP contribution in [0.3, 0.4) is 0 Å². The molecule has 3 heterocycles. The standard InChI is InChI=1S/C9H12N6S2/c1-2-9-11-13-14-15(9)12-8(1)10-5-7-6-16-3-4-17-7/h1-2,7H,3-6H2,(H,10,12). The molecule has 2 aromatic heterocycles. The third-order valence-electron chi connectivity index (χ3n) is 2.47. The van der Waals surface area contributed by atoms with E-state index in [-0.39, 0.29) is 0 Å². The average molecular weight is 268 g/mol. The number of nitrogens with one attached hydrogen (secondary N) is 1. The first-order valence-electron chi connectivity index (χ1n) is 5.40. The van der Waals surface area contributed by atoms with Gasteiger partial charge >= 0.3 is 0 Å². The van der Waals surface area contributed by atoms with Crippen LogP contribution in [0.25, 0.3) is 5.65 Å². The monoisotopic (exact) mass is 268 g/mol. The number of hydrogen-bond donors (Lipinski definition) is 1. The predicted molar refractivity (Wildman–Crippen MR) is 70.6 cm³/mol. The summed E-state index contributed by atoms with van der Waals surface area (Å²) < 4.78 is 1.44. The van der Waals surface area contributed by atoms with Crippen molar-refractivity contribution in [2.75, 3.05) is 29.1 Å². The maximum atomic E-state index is 4.27. The molecule has 3 rings (SSSR count). The molecular weight excluding hydrogens is 256 g/mol. The molecule has 6 nitrogen and oxygen atoms in total. The first-order valence-corrected chi connectivity index (χ1v) is 7.61. The minimum absolute atomic E-state index is 0.665.